The molecule has 16 heavy (non-hydrogen) atoms. The average molecular weight is 244 g/mol. The topological polar surface area (TPSA) is 79.6 Å². The van der Waals surface area contributed by atoms with E-state index in [0.29, 0.717) is 5.69 Å². The number of carbonyl (C=O) groups is 2. The van der Waals surface area contributed by atoms with E-state index in [1.165, 1.54) is 11.6 Å². The van der Waals surface area contributed by atoms with Crippen LogP contribution >= 0.6 is 11.3 Å². The van der Waals surface area contributed by atoms with E-state index in [1.54, 1.807) is 14.0 Å². The quantitative estimate of drug-likeness (QED) is 0.806. The minimum absolute atomic E-state index is 0.232. The van der Waals surface area contributed by atoms with Crippen LogP contribution in [0.2, 0.25) is 0 Å². The monoisotopic (exact) mass is 244 g/mol. The summed E-state index contributed by atoms with van der Waals surface area (Å²) < 4.78 is 1.37. The average Bonchev–Trinajstić information content (AvgIpc) is 2.44. The van der Waals surface area contributed by atoms with Crippen molar-refractivity contribution >= 4 is 23.2 Å². The number of nitrogens with zero attached hydrogens (tertiary/aromatic N) is 2. The van der Waals surface area contributed by atoms with E-state index in [2.05, 4.69) is 0 Å². The number of thiazole rings is 1. The standard InChI is InChI=1S/C9H12N2O4S/c1-5-7(16-9(15)11(5)3)8(14)10(2)4-6(12)13/h4H2,1-3H3,(H,12,13). The Hall–Kier alpha value is -1.63. The number of hydrogen-bond acceptors (Lipinski definition) is 4. The van der Waals surface area contributed by atoms with Crippen molar-refractivity contribution in [3.8, 4) is 0 Å². The molecule has 1 aromatic heterocycles. The Morgan fingerprint density at radius 1 is 1.50 bits per heavy atom. The zero-order valence-corrected chi connectivity index (χ0v) is 10.00. The molecule has 0 fully saturated rings. The Labute approximate surface area is 95.7 Å². The number of aliphatic carboxylic acids is 1. The predicted octanol–water partition coefficient (Wildman–Crippen LogP) is -0.0882. The highest BCUT2D eigenvalue weighted by atomic mass is 32.1. The van der Waals surface area contributed by atoms with Crippen LogP contribution in [0.5, 0.6) is 0 Å². The van der Waals surface area contributed by atoms with Gasteiger partial charge in [-0.2, -0.15) is 0 Å². The van der Waals surface area contributed by atoms with Crippen LogP contribution in [0.15, 0.2) is 4.79 Å². The number of carbonyl (C=O) groups excluding carboxylic acids is 1. The molecule has 6 nitrogen and oxygen atoms in total. The largest absolute Gasteiger partial charge is 0.480 e. The van der Waals surface area contributed by atoms with Gasteiger partial charge in [0, 0.05) is 19.8 Å². The number of hydrogen-bond donors (Lipinski definition) is 1. The maximum Gasteiger partial charge on any atom is 0.323 e. The second kappa shape index (κ2) is 4.48. The summed E-state index contributed by atoms with van der Waals surface area (Å²) in [4.78, 5) is 34.7. The summed E-state index contributed by atoms with van der Waals surface area (Å²) in [6, 6.07) is 0. The zero-order chi connectivity index (χ0) is 12.5. The molecule has 0 aliphatic heterocycles. The minimum Gasteiger partial charge on any atom is -0.480 e. The highest BCUT2D eigenvalue weighted by Gasteiger charge is 2.20. The van der Waals surface area contributed by atoms with Gasteiger partial charge >= 0.3 is 10.8 Å². The molecule has 0 saturated carbocycles. The second-order valence-corrected chi connectivity index (χ2v) is 4.36. The first-order valence-corrected chi connectivity index (χ1v) is 5.30. The molecule has 88 valence electrons. The molecule has 1 aromatic rings. The van der Waals surface area contributed by atoms with E-state index >= 15 is 0 Å². The van der Waals surface area contributed by atoms with Gasteiger partial charge in [-0.25, -0.2) is 0 Å². The second-order valence-electron chi connectivity index (χ2n) is 3.40. The van der Waals surface area contributed by atoms with Crippen molar-refractivity contribution in [3.63, 3.8) is 0 Å². The molecule has 0 saturated heterocycles. The lowest BCUT2D eigenvalue weighted by molar-refractivity contribution is -0.137. The van der Waals surface area contributed by atoms with E-state index in [4.69, 9.17) is 5.11 Å². The maximum atomic E-state index is 11.8. The van der Waals surface area contributed by atoms with Crippen molar-refractivity contribution < 1.29 is 14.7 Å². The summed E-state index contributed by atoms with van der Waals surface area (Å²) in [6.45, 7) is 1.27. The van der Waals surface area contributed by atoms with Crippen LogP contribution in [0.3, 0.4) is 0 Å². The van der Waals surface area contributed by atoms with E-state index in [0.717, 1.165) is 16.2 Å². The fourth-order valence-electron chi connectivity index (χ4n) is 1.17. The van der Waals surface area contributed by atoms with Gasteiger partial charge in [-0.05, 0) is 6.92 Å². The highest BCUT2D eigenvalue weighted by molar-refractivity contribution is 7.11. The Morgan fingerprint density at radius 3 is 2.44 bits per heavy atom. The van der Waals surface area contributed by atoms with Crippen molar-refractivity contribution in [1.82, 2.24) is 9.47 Å². The minimum atomic E-state index is -1.09. The number of rotatable bonds is 3. The number of aromatic nitrogens is 1. The van der Waals surface area contributed by atoms with Crippen molar-refractivity contribution in [3.05, 3.63) is 20.2 Å². The molecule has 1 N–H and O–H groups in total. The van der Waals surface area contributed by atoms with Gasteiger partial charge < -0.3 is 14.6 Å². The summed E-state index contributed by atoms with van der Waals surface area (Å²) >= 11 is 0.828. The van der Waals surface area contributed by atoms with E-state index in [9.17, 15) is 14.4 Å². The maximum absolute atomic E-state index is 11.8. The fraction of sp³-hybridized carbons (Fsp3) is 0.444. The molecule has 0 spiro atoms. The lowest BCUT2D eigenvalue weighted by atomic mass is 10.3. The van der Waals surface area contributed by atoms with Gasteiger partial charge in [0.2, 0.25) is 0 Å². The normalized spacial score (nSPS) is 10.2. The number of amides is 1. The summed E-state index contributed by atoms with van der Waals surface area (Å²) in [5.41, 5.74) is 0.553. The highest BCUT2D eigenvalue weighted by Crippen LogP contribution is 2.12. The lowest BCUT2D eigenvalue weighted by Crippen LogP contribution is -2.31. The van der Waals surface area contributed by atoms with Crippen LogP contribution in [0.4, 0.5) is 0 Å². The first kappa shape index (κ1) is 12.4. The van der Waals surface area contributed by atoms with Crippen molar-refractivity contribution in [2.75, 3.05) is 13.6 Å². The van der Waals surface area contributed by atoms with Crippen LogP contribution in [-0.4, -0.2) is 40.0 Å². The van der Waals surface area contributed by atoms with Crippen molar-refractivity contribution in [1.29, 1.82) is 0 Å². The first-order chi connectivity index (χ1) is 7.34. The van der Waals surface area contributed by atoms with Crippen LogP contribution in [0.1, 0.15) is 15.4 Å². The molecule has 0 aliphatic rings. The molecular formula is C9H12N2O4S. The molecular weight excluding hydrogens is 232 g/mol. The van der Waals surface area contributed by atoms with Gasteiger partial charge in [-0.15, -0.1) is 0 Å². The summed E-state index contributed by atoms with van der Waals surface area (Å²) in [5.74, 6) is -1.53. The number of likely N-dealkylation sites (N-methyl/N-ethyl adjacent to an activating group) is 1. The third-order valence-electron chi connectivity index (χ3n) is 2.21. The first-order valence-electron chi connectivity index (χ1n) is 4.48. The van der Waals surface area contributed by atoms with Crippen LogP contribution in [0.25, 0.3) is 0 Å². The molecule has 0 aliphatic carbocycles. The molecule has 0 atom stereocenters. The van der Waals surface area contributed by atoms with Gasteiger partial charge in [0.05, 0.1) is 0 Å². The molecule has 0 bridgehead atoms. The zero-order valence-electron chi connectivity index (χ0n) is 9.18. The molecule has 7 heteroatoms. The Bertz CT molecular complexity index is 488. The van der Waals surface area contributed by atoms with E-state index in [1.807, 2.05) is 0 Å². The Morgan fingerprint density at radius 2 is 2.06 bits per heavy atom. The summed E-state index contributed by atoms with van der Waals surface area (Å²) in [7, 11) is 2.96. The van der Waals surface area contributed by atoms with Gasteiger partial charge in [-0.1, -0.05) is 11.3 Å². The van der Waals surface area contributed by atoms with Gasteiger partial charge in [0.25, 0.3) is 5.91 Å². The molecule has 1 rings (SSSR count). The molecule has 1 amide bonds. The van der Waals surface area contributed by atoms with Gasteiger partial charge in [-0.3, -0.25) is 14.4 Å². The predicted molar refractivity (Wildman–Crippen MR) is 58.9 cm³/mol. The summed E-state index contributed by atoms with van der Waals surface area (Å²) in [6.07, 6.45) is 0. The van der Waals surface area contributed by atoms with Gasteiger partial charge in [0.1, 0.15) is 11.4 Å². The number of carboxylic acid groups (broad SMARTS) is 1. The molecule has 0 radical (unpaired) electrons. The van der Waals surface area contributed by atoms with Crippen LogP contribution in [0, 0.1) is 6.92 Å². The fourth-order valence-corrected chi connectivity index (χ4v) is 2.14. The Kier molecular flexibility index (Phi) is 3.48. The third kappa shape index (κ3) is 2.30. The van der Waals surface area contributed by atoms with Crippen molar-refractivity contribution in [2.24, 2.45) is 7.05 Å². The molecule has 0 aromatic carbocycles. The van der Waals surface area contributed by atoms with Crippen molar-refractivity contribution in [2.45, 2.75) is 6.92 Å². The van der Waals surface area contributed by atoms with E-state index < -0.39 is 11.9 Å². The third-order valence-corrected chi connectivity index (χ3v) is 3.33. The SMILES string of the molecule is Cc1c(C(=O)N(C)CC(=O)O)sc(=O)n1C. The molecule has 0 unspecified atom stereocenters. The Balaban J connectivity index is 3.01. The summed E-state index contributed by atoms with van der Waals surface area (Å²) in [5, 5.41) is 8.55. The van der Waals surface area contributed by atoms with E-state index in [-0.39, 0.29) is 16.3 Å². The van der Waals surface area contributed by atoms with Crippen LogP contribution < -0.4 is 4.87 Å². The smallest absolute Gasteiger partial charge is 0.323 e. The van der Waals surface area contributed by atoms with Crippen LogP contribution in [-0.2, 0) is 11.8 Å². The lowest BCUT2D eigenvalue weighted by Gasteiger charge is -2.13. The van der Waals surface area contributed by atoms with Gasteiger partial charge in [0.15, 0.2) is 0 Å². The molecule has 1 heterocycles. The number of carboxylic acids is 1.